The monoisotopic (exact) mass is 348 g/mol. The molecular weight excluding hydrogens is 316 g/mol. The number of para-hydroxylation sites is 1. The van der Waals surface area contributed by atoms with E-state index in [0.29, 0.717) is 19.5 Å². The molecule has 1 aromatic rings. The second kappa shape index (κ2) is 10.8. The van der Waals surface area contributed by atoms with E-state index in [2.05, 4.69) is 16.0 Å². The van der Waals surface area contributed by atoms with E-state index < -0.39 is 6.04 Å². The van der Waals surface area contributed by atoms with E-state index >= 15 is 0 Å². The number of benzene rings is 1. The Labute approximate surface area is 150 Å². The van der Waals surface area contributed by atoms with Gasteiger partial charge in [-0.05, 0) is 30.4 Å². The number of carbonyl (C=O) groups is 2. The highest BCUT2D eigenvalue weighted by molar-refractivity contribution is 5.97. The third kappa shape index (κ3) is 7.67. The smallest absolute Gasteiger partial charge is 0.246 e. The largest absolute Gasteiger partial charge is 0.343 e. The average Bonchev–Trinajstić information content (AvgIpc) is 2.54. The van der Waals surface area contributed by atoms with Crippen molar-refractivity contribution in [3.63, 3.8) is 0 Å². The van der Waals surface area contributed by atoms with Crippen LogP contribution in [0.15, 0.2) is 30.3 Å². The van der Waals surface area contributed by atoms with Gasteiger partial charge < -0.3 is 21.7 Å². The van der Waals surface area contributed by atoms with Gasteiger partial charge in [0.1, 0.15) is 6.04 Å². The fraction of sp³-hybridized carbons (Fsp3) is 0.579. The van der Waals surface area contributed by atoms with E-state index in [9.17, 15) is 9.59 Å². The molecule has 6 nitrogen and oxygen atoms in total. The number of amides is 2. The van der Waals surface area contributed by atoms with Gasteiger partial charge >= 0.3 is 0 Å². The van der Waals surface area contributed by atoms with Gasteiger partial charge in [0.05, 0.1) is 6.04 Å². The Morgan fingerprint density at radius 2 is 1.68 bits per heavy atom. The summed E-state index contributed by atoms with van der Waals surface area (Å²) >= 11 is 0. The van der Waals surface area contributed by atoms with Crippen LogP contribution in [0.3, 0.4) is 0 Å². The van der Waals surface area contributed by atoms with Crippen LogP contribution in [0.4, 0.5) is 5.69 Å². The zero-order valence-electron chi connectivity index (χ0n) is 15.7. The number of anilines is 1. The lowest BCUT2D eigenvalue weighted by molar-refractivity contribution is -0.129. The summed E-state index contributed by atoms with van der Waals surface area (Å²) in [6, 6.07) is 8.31. The van der Waals surface area contributed by atoms with Crippen LogP contribution in [0.1, 0.15) is 34.1 Å². The first-order valence-electron chi connectivity index (χ1n) is 8.94. The minimum atomic E-state index is -0.575. The van der Waals surface area contributed by atoms with Crippen LogP contribution in [0.25, 0.3) is 0 Å². The van der Waals surface area contributed by atoms with Crippen molar-refractivity contribution < 1.29 is 9.59 Å². The van der Waals surface area contributed by atoms with Crippen LogP contribution in [-0.2, 0) is 9.59 Å². The Bertz CT molecular complexity index is 531. The molecule has 1 aromatic carbocycles. The summed E-state index contributed by atoms with van der Waals surface area (Å²) in [5, 5.41) is 8.92. The minimum absolute atomic E-state index is 0.100. The highest BCUT2D eigenvalue weighted by atomic mass is 16.2. The van der Waals surface area contributed by atoms with Crippen molar-refractivity contribution in [2.45, 2.75) is 46.2 Å². The molecule has 6 heteroatoms. The van der Waals surface area contributed by atoms with Gasteiger partial charge in [-0.15, -0.1) is 0 Å². The summed E-state index contributed by atoms with van der Waals surface area (Å²) in [6.07, 6.45) is 0.576. The Kier molecular flexibility index (Phi) is 9.16. The molecule has 25 heavy (non-hydrogen) atoms. The van der Waals surface area contributed by atoms with Crippen molar-refractivity contribution in [1.29, 1.82) is 0 Å². The molecule has 0 saturated heterocycles. The molecule has 0 aliphatic heterocycles. The van der Waals surface area contributed by atoms with Crippen molar-refractivity contribution in [1.82, 2.24) is 10.6 Å². The molecule has 5 N–H and O–H groups in total. The number of hydrogen-bond acceptors (Lipinski definition) is 4. The summed E-state index contributed by atoms with van der Waals surface area (Å²) in [6.45, 7) is 9.01. The van der Waals surface area contributed by atoms with Gasteiger partial charge in [0.15, 0.2) is 0 Å². The lowest BCUT2D eigenvalue weighted by atomic mass is 10.00. The number of nitrogens with one attached hydrogen (secondary N) is 3. The van der Waals surface area contributed by atoms with Gasteiger partial charge in [-0.2, -0.15) is 0 Å². The van der Waals surface area contributed by atoms with Crippen molar-refractivity contribution >= 4 is 17.5 Å². The highest BCUT2D eigenvalue weighted by Gasteiger charge is 2.27. The highest BCUT2D eigenvalue weighted by Crippen LogP contribution is 2.11. The van der Waals surface area contributed by atoms with Crippen LogP contribution in [0, 0.1) is 11.8 Å². The normalized spacial score (nSPS) is 13.6. The summed E-state index contributed by atoms with van der Waals surface area (Å²) in [5.74, 6) is 0.0108. The SMILES string of the molecule is CC(C)C[C@@H](NC(=O)[C@@H](NCCN)C(C)C)C(=O)Nc1ccccc1. The predicted octanol–water partition coefficient (Wildman–Crippen LogP) is 1.73. The minimum Gasteiger partial charge on any atom is -0.343 e. The number of nitrogens with two attached hydrogens (primary N) is 1. The summed E-state index contributed by atoms with van der Waals surface area (Å²) in [7, 11) is 0. The van der Waals surface area contributed by atoms with Gasteiger partial charge in [0, 0.05) is 18.8 Å². The van der Waals surface area contributed by atoms with Crippen LogP contribution < -0.4 is 21.7 Å². The number of carbonyl (C=O) groups excluding carboxylic acids is 2. The van der Waals surface area contributed by atoms with Crippen molar-refractivity contribution in [2.24, 2.45) is 17.6 Å². The first kappa shape index (κ1) is 21.1. The molecule has 0 spiro atoms. The quantitative estimate of drug-likeness (QED) is 0.518. The van der Waals surface area contributed by atoms with E-state index in [0.717, 1.165) is 5.69 Å². The molecule has 0 heterocycles. The van der Waals surface area contributed by atoms with Crippen LogP contribution in [0.2, 0.25) is 0 Å². The molecule has 1 rings (SSSR count). The predicted molar refractivity (Wildman–Crippen MR) is 102 cm³/mol. The maximum atomic E-state index is 12.6. The van der Waals surface area contributed by atoms with Gasteiger partial charge in [0.25, 0.3) is 0 Å². The first-order valence-corrected chi connectivity index (χ1v) is 8.94. The molecule has 0 unspecified atom stereocenters. The van der Waals surface area contributed by atoms with Gasteiger partial charge in [-0.1, -0.05) is 45.9 Å². The zero-order valence-corrected chi connectivity index (χ0v) is 15.7. The lowest BCUT2D eigenvalue weighted by Crippen LogP contribution is -2.54. The van der Waals surface area contributed by atoms with Crippen LogP contribution >= 0.6 is 0 Å². The third-order valence-corrected chi connectivity index (χ3v) is 3.84. The molecular formula is C19H32N4O2. The second-order valence-corrected chi connectivity index (χ2v) is 7.01. The molecule has 2 amide bonds. The van der Waals surface area contributed by atoms with Crippen LogP contribution in [-0.4, -0.2) is 37.0 Å². The number of hydrogen-bond donors (Lipinski definition) is 4. The third-order valence-electron chi connectivity index (χ3n) is 3.84. The Morgan fingerprint density at radius 1 is 1.04 bits per heavy atom. The number of rotatable bonds is 10. The Hall–Kier alpha value is -1.92. The van der Waals surface area contributed by atoms with Crippen molar-refractivity contribution in [3.05, 3.63) is 30.3 Å². The second-order valence-electron chi connectivity index (χ2n) is 7.01. The average molecular weight is 348 g/mol. The van der Waals surface area contributed by atoms with E-state index in [1.54, 1.807) is 0 Å². The Balaban J connectivity index is 2.79. The van der Waals surface area contributed by atoms with Crippen molar-refractivity contribution in [3.8, 4) is 0 Å². The van der Waals surface area contributed by atoms with Crippen molar-refractivity contribution in [2.75, 3.05) is 18.4 Å². The molecule has 0 aliphatic carbocycles. The summed E-state index contributed by atoms with van der Waals surface area (Å²) < 4.78 is 0. The molecule has 140 valence electrons. The molecule has 0 aromatic heterocycles. The van der Waals surface area contributed by atoms with Gasteiger partial charge in [-0.3, -0.25) is 9.59 Å². The first-order chi connectivity index (χ1) is 11.8. The lowest BCUT2D eigenvalue weighted by Gasteiger charge is -2.26. The summed E-state index contributed by atoms with van der Waals surface area (Å²) in [4.78, 5) is 25.3. The molecule has 2 atom stereocenters. The van der Waals surface area contributed by atoms with E-state index in [1.165, 1.54) is 0 Å². The Morgan fingerprint density at radius 3 is 2.20 bits per heavy atom. The van der Waals surface area contributed by atoms with E-state index in [1.807, 2.05) is 58.0 Å². The van der Waals surface area contributed by atoms with E-state index in [4.69, 9.17) is 5.73 Å². The topological polar surface area (TPSA) is 96.2 Å². The standard InChI is InChI=1S/C19H32N4O2/c1-13(2)12-16(18(24)22-15-8-6-5-7-9-15)23-19(25)17(14(3)4)21-11-10-20/h5-9,13-14,16-17,21H,10-12,20H2,1-4H3,(H,22,24)(H,23,25)/t16-,17+/m1/s1. The molecule has 0 aliphatic rings. The molecule has 0 bridgehead atoms. The maximum absolute atomic E-state index is 12.6. The van der Waals surface area contributed by atoms with Crippen LogP contribution in [0.5, 0.6) is 0 Å². The fourth-order valence-electron chi connectivity index (χ4n) is 2.59. The zero-order chi connectivity index (χ0) is 18.8. The van der Waals surface area contributed by atoms with Gasteiger partial charge in [0.2, 0.25) is 11.8 Å². The van der Waals surface area contributed by atoms with E-state index in [-0.39, 0.29) is 29.7 Å². The molecule has 0 fully saturated rings. The van der Waals surface area contributed by atoms with Gasteiger partial charge in [-0.25, -0.2) is 0 Å². The maximum Gasteiger partial charge on any atom is 0.246 e. The molecule has 0 radical (unpaired) electrons. The summed E-state index contributed by atoms with van der Waals surface area (Å²) in [5.41, 5.74) is 6.24. The molecule has 0 saturated carbocycles. The fourth-order valence-corrected chi connectivity index (χ4v) is 2.59.